The average molecular weight is 376 g/mol. The van der Waals surface area contributed by atoms with Crippen LogP contribution in [0.1, 0.15) is 46.9 Å². The van der Waals surface area contributed by atoms with Gasteiger partial charge in [0, 0.05) is 46.8 Å². The molecule has 3 aromatic rings. The Morgan fingerprint density at radius 3 is 2.68 bits per heavy atom. The SMILES string of the molecule is CCc1cc(-c2cncc(C(=O)CCCc3ccccc3O)c2)c(C)[nH]c1=O. The predicted octanol–water partition coefficient (Wildman–Crippen LogP) is 4.22. The van der Waals surface area contributed by atoms with Gasteiger partial charge in [-0.2, -0.15) is 0 Å². The maximum Gasteiger partial charge on any atom is 0.251 e. The fourth-order valence-electron chi connectivity index (χ4n) is 3.27. The van der Waals surface area contributed by atoms with Crippen molar-refractivity contribution in [3.8, 4) is 16.9 Å². The van der Waals surface area contributed by atoms with Crippen LogP contribution < -0.4 is 5.56 Å². The highest BCUT2D eigenvalue weighted by Gasteiger charge is 2.12. The minimum absolute atomic E-state index is 0.0163. The van der Waals surface area contributed by atoms with Crippen LogP contribution in [0.3, 0.4) is 0 Å². The summed E-state index contributed by atoms with van der Waals surface area (Å²) in [6, 6.07) is 10.9. The largest absolute Gasteiger partial charge is 0.508 e. The number of aromatic hydroxyl groups is 1. The van der Waals surface area contributed by atoms with Crippen LogP contribution in [0.15, 0.2) is 53.6 Å². The summed E-state index contributed by atoms with van der Waals surface area (Å²) in [4.78, 5) is 31.7. The number of nitrogens with zero attached hydrogens (tertiary/aromatic N) is 1. The van der Waals surface area contributed by atoms with Gasteiger partial charge in [0.15, 0.2) is 5.78 Å². The summed E-state index contributed by atoms with van der Waals surface area (Å²) in [5, 5.41) is 9.82. The normalized spacial score (nSPS) is 10.8. The zero-order valence-corrected chi connectivity index (χ0v) is 16.2. The molecule has 2 aromatic heterocycles. The van der Waals surface area contributed by atoms with Crippen molar-refractivity contribution in [3.05, 3.63) is 81.5 Å². The van der Waals surface area contributed by atoms with Crippen LogP contribution in [0.4, 0.5) is 0 Å². The van der Waals surface area contributed by atoms with E-state index in [2.05, 4.69) is 9.97 Å². The molecule has 5 nitrogen and oxygen atoms in total. The molecule has 0 atom stereocenters. The number of H-pyrrole nitrogens is 1. The molecule has 0 unspecified atom stereocenters. The zero-order chi connectivity index (χ0) is 20.1. The number of benzene rings is 1. The molecule has 0 fully saturated rings. The van der Waals surface area contributed by atoms with Gasteiger partial charge in [0.25, 0.3) is 5.56 Å². The third-order valence-corrected chi connectivity index (χ3v) is 4.91. The minimum atomic E-state index is -0.0758. The lowest BCUT2D eigenvalue weighted by molar-refractivity contribution is 0.0980. The maximum absolute atomic E-state index is 12.6. The lowest BCUT2D eigenvalue weighted by Crippen LogP contribution is -2.13. The van der Waals surface area contributed by atoms with Gasteiger partial charge in [0.1, 0.15) is 5.75 Å². The number of pyridine rings is 2. The molecule has 2 heterocycles. The number of carbonyl (C=O) groups is 1. The van der Waals surface area contributed by atoms with Gasteiger partial charge in [-0.25, -0.2) is 0 Å². The number of carbonyl (C=O) groups excluding carboxylic acids is 1. The van der Waals surface area contributed by atoms with E-state index in [1.54, 1.807) is 24.5 Å². The Labute approximate surface area is 164 Å². The summed E-state index contributed by atoms with van der Waals surface area (Å²) in [6.45, 7) is 3.78. The van der Waals surface area contributed by atoms with Crippen molar-refractivity contribution in [2.45, 2.75) is 39.5 Å². The van der Waals surface area contributed by atoms with Gasteiger partial charge in [-0.3, -0.25) is 14.6 Å². The van der Waals surface area contributed by atoms with E-state index in [1.807, 2.05) is 38.1 Å². The Bertz CT molecular complexity index is 1050. The van der Waals surface area contributed by atoms with E-state index in [-0.39, 0.29) is 17.1 Å². The van der Waals surface area contributed by atoms with Crippen molar-refractivity contribution >= 4 is 5.78 Å². The number of rotatable bonds is 7. The van der Waals surface area contributed by atoms with Crippen LogP contribution in [-0.4, -0.2) is 20.9 Å². The number of phenols is 1. The topological polar surface area (TPSA) is 83.0 Å². The molecule has 0 saturated carbocycles. The number of nitrogens with one attached hydrogen (secondary N) is 1. The molecule has 3 rings (SSSR count). The van der Waals surface area contributed by atoms with E-state index in [1.165, 1.54) is 0 Å². The number of para-hydroxylation sites is 1. The molecule has 0 radical (unpaired) electrons. The second-order valence-corrected chi connectivity index (χ2v) is 6.88. The first-order chi connectivity index (χ1) is 13.5. The molecule has 0 saturated heterocycles. The second-order valence-electron chi connectivity index (χ2n) is 6.88. The molecule has 5 heteroatoms. The molecule has 0 amide bonds. The van der Waals surface area contributed by atoms with Gasteiger partial charge >= 0.3 is 0 Å². The highest BCUT2D eigenvalue weighted by Crippen LogP contribution is 2.23. The van der Waals surface area contributed by atoms with Crippen LogP contribution in [0.25, 0.3) is 11.1 Å². The lowest BCUT2D eigenvalue weighted by Gasteiger charge is -2.09. The highest BCUT2D eigenvalue weighted by molar-refractivity contribution is 5.96. The molecular weight excluding hydrogens is 352 g/mol. The highest BCUT2D eigenvalue weighted by atomic mass is 16.3. The number of phenolic OH excluding ortho intramolecular Hbond substituents is 1. The van der Waals surface area contributed by atoms with Crippen molar-refractivity contribution in [1.82, 2.24) is 9.97 Å². The van der Waals surface area contributed by atoms with E-state index in [9.17, 15) is 14.7 Å². The van der Waals surface area contributed by atoms with Crippen molar-refractivity contribution < 1.29 is 9.90 Å². The maximum atomic E-state index is 12.6. The average Bonchev–Trinajstić information content (AvgIpc) is 2.69. The van der Waals surface area contributed by atoms with Gasteiger partial charge in [0.2, 0.25) is 0 Å². The van der Waals surface area contributed by atoms with Crippen LogP contribution in [-0.2, 0) is 12.8 Å². The summed E-state index contributed by atoms with van der Waals surface area (Å²) in [5.74, 6) is 0.279. The second kappa shape index (κ2) is 8.65. The fourth-order valence-corrected chi connectivity index (χ4v) is 3.27. The van der Waals surface area contributed by atoms with E-state index in [0.717, 1.165) is 22.4 Å². The van der Waals surface area contributed by atoms with Gasteiger partial charge in [0.05, 0.1) is 0 Å². The van der Waals surface area contributed by atoms with E-state index in [4.69, 9.17) is 0 Å². The van der Waals surface area contributed by atoms with Gasteiger partial charge in [-0.05, 0) is 49.9 Å². The Morgan fingerprint density at radius 1 is 1.14 bits per heavy atom. The third-order valence-electron chi connectivity index (χ3n) is 4.91. The summed E-state index contributed by atoms with van der Waals surface area (Å²) >= 11 is 0. The van der Waals surface area contributed by atoms with Crippen LogP contribution >= 0.6 is 0 Å². The van der Waals surface area contributed by atoms with E-state index < -0.39 is 0 Å². The number of aromatic nitrogens is 2. The third kappa shape index (κ3) is 4.36. The van der Waals surface area contributed by atoms with Crippen LogP contribution in [0.5, 0.6) is 5.75 Å². The first-order valence-corrected chi connectivity index (χ1v) is 9.48. The monoisotopic (exact) mass is 376 g/mol. The Hall–Kier alpha value is -3.21. The number of Topliss-reactive ketones (excluding diaryl/α,β-unsaturated/α-hetero) is 1. The lowest BCUT2D eigenvalue weighted by atomic mass is 9.99. The van der Waals surface area contributed by atoms with Crippen molar-refractivity contribution in [2.75, 3.05) is 0 Å². The molecule has 0 bridgehead atoms. The van der Waals surface area contributed by atoms with Gasteiger partial charge < -0.3 is 10.1 Å². The molecule has 28 heavy (non-hydrogen) atoms. The van der Waals surface area contributed by atoms with Gasteiger partial charge in [-0.1, -0.05) is 25.1 Å². The number of ketones is 1. The quantitative estimate of drug-likeness (QED) is 0.605. The van der Waals surface area contributed by atoms with E-state index in [0.29, 0.717) is 36.8 Å². The molecule has 1 aromatic carbocycles. The number of aromatic amines is 1. The summed E-state index contributed by atoms with van der Waals surface area (Å²) in [6.07, 6.45) is 5.60. The smallest absolute Gasteiger partial charge is 0.251 e. The fraction of sp³-hybridized carbons (Fsp3) is 0.261. The molecular formula is C23H24N2O3. The number of hydrogen-bond donors (Lipinski definition) is 2. The predicted molar refractivity (Wildman–Crippen MR) is 110 cm³/mol. The Morgan fingerprint density at radius 2 is 1.93 bits per heavy atom. The van der Waals surface area contributed by atoms with Crippen LogP contribution in [0.2, 0.25) is 0 Å². The van der Waals surface area contributed by atoms with Crippen LogP contribution in [0, 0.1) is 6.92 Å². The standard InChI is InChI=1S/C23H24N2O3/c1-3-16-12-20(15(2)25-23(16)28)18-11-19(14-24-13-18)22(27)10-6-8-17-7-4-5-9-21(17)26/h4-5,7,9,11-14,26H,3,6,8,10H2,1-2H3,(H,25,28). The zero-order valence-electron chi connectivity index (χ0n) is 16.2. The molecule has 2 N–H and O–H groups in total. The summed E-state index contributed by atoms with van der Waals surface area (Å²) in [5.41, 5.74) is 4.49. The van der Waals surface area contributed by atoms with Crippen molar-refractivity contribution in [1.29, 1.82) is 0 Å². The molecule has 0 aliphatic carbocycles. The summed E-state index contributed by atoms with van der Waals surface area (Å²) in [7, 11) is 0. The van der Waals surface area contributed by atoms with Crippen molar-refractivity contribution in [3.63, 3.8) is 0 Å². The summed E-state index contributed by atoms with van der Waals surface area (Å²) < 4.78 is 0. The van der Waals surface area contributed by atoms with Crippen molar-refractivity contribution in [2.24, 2.45) is 0 Å². The van der Waals surface area contributed by atoms with Gasteiger partial charge in [-0.15, -0.1) is 0 Å². The Balaban J connectivity index is 1.75. The first-order valence-electron chi connectivity index (χ1n) is 9.48. The number of aryl methyl sites for hydroxylation is 3. The Kier molecular flexibility index (Phi) is 6.04. The molecule has 0 aliphatic heterocycles. The first kappa shape index (κ1) is 19.5. The molecule has 0 aliphatic rings. The molecule has 144 valence electrons. The minimum Gasteiger partial charge on any atom is -0.508 e. The number of hydrogen-bond acceptors (Lipinski definition) is 4. The van der Waals surface area contributed by atoms with E-state index >= 15 is 0 Å². The molecule has 0 spiro atoms.